The lowest BCUT2D eigenvalue weighted by Gasteiger charge is -2.01. The van der Waals surface area contributed by atoms with Crippen LogP contribution >= 0.6 is 0 Å². The van der Waals surface area contributed by atoms with Gasteiger partial charge in [-0.15, -0.1) is 0 Å². The molecule has 0 bridgehead atoms. The Bertz CT molecular complexity index is 743. The fourth-order valence-corrected chi connectivity index (χ4v) is 2.37. The molecule has 0 aliphatic heterocycles. The normalized spacial score (nSPS) is 11.1. The quantitative estimate of drug-likeness (QED) is 0.444. The molecule has 0 amide bonds. The largest absolute Gasteiger partial charge is 0.355 e. The average Bonchev–Trinajstić information content (AvgIpc) is 2.69. The molecule has 2 rings (SSSR count). The third-order valence-electron chi connectivity index (χ3n) is 4.03. The van der Waals surface area contributed by atoms with Crippen LogP contribution in [0, 0.1) is 13.8 Å². The number of rotatable bonds is 8. The number of hydrogen-bond acceptors (Lipinski definition) is 4. The van der Waals surface area contributed by atoms with Crippen molar-refractivity contribution in [1.82, 2.24) is 0 Å². The van der Waals surface area contributed by atoms with E-state index in [9.17, 15) is 9.59 Å². The van der Waals surface area contributed by atoms with Gasteiger partial charge in [0.1, 0.15) is 0 Å². The first kappa shape index (κ1) is 21.2. The van der Waals surface area contributed by atoms with Crippen molar-refractivity contribution in [2.45, 2.75) is 39.5 Å². The molecule has 0 saturated heterocycles. The molecule has 4 heteroatoms. The second kappa shape index (κ2) is 11.5. The van der Waals surface area contributed by atoms with Gasteiger partial charge in [-0.25, -0.2) is 19.4 Å². The van der Waals surface area contributed by atoms with Gasteiger partial charge in [0.25, 0.3) is 0 Å². The monoisotopic (exact) mass is 378 g/mol. The molecule has 0 fully saturated rings. The van der Waals surface area contributed by atoms with Crippen LogP contribution in [0.25, 0.3) is 12.2 Å². The molecule has 0 radical (unpaired) electrons. The number of hydrogen-bond donors (Lipinski definition) is 0. The minimum Gasteiger partial charge on any atom is -0.247 e. The summed E-state index contributed by atoms with van der Waals surface area (Å²) >= 11 is 0. The van der Waals surface area contributed by atoms with E-state index in [1.807, 2.05) is 86.7 Å². The van der Waals surface area contributed by atoms with Crippen LogP contribution in [-0.2, 0) is 19.4 Å². The molecule has 0 aliphatic rings. The Labute approximate surface area is 166 Å². The predicted molar refractivity (Wildman–Crippen MR) is 111 cm³/mol. The highest BCUT2D eigenvalue weighted by Crippen LogP contribution is 2.08. The van der Waals surface area contributed by atoms with Gasteiger partial charge in [0, 0.05) is 0 Å². The van der Waals surface area contributed by atoms with Gasteiger partial charge in [-0.05, 0) is 37.8 Å². The van der Waals surface area contributed by atoms with Crippen LogP contribution in [-0.4, -0.2) is 11.9 Å². The standard InChI is InChI=1S/C24H26O4/c1-19-11-15-21(16-12-19)7-3-5-9-23(25)27-28-24(26)10-6-4-8-22-17-13-20(2)14-18-22/h3-4,7-8,11-18H,5-6,9-10H2,1-2H3/b7-3+,8-4+. The summed E-state index contributed by atoms with van der Waals surface area (Å²) in [4.78, 5) is 32.3. The average molecular weight is 378 g/mol. The second-order valence-corrected chi connectivity index (χ2v) is 6.61. The van der Waals surface area contributed by atoms with Crippen molar-refractivity contribution in [1.29, 1.82) is 0 Å². The van der Waals surface area contributed by atoms with E-state index in [1.54, 1.807) is 0 Å². The molecule has 2 aromatic rings. The molecule has 0 atom stereocenters. The zero-order valence-electron chi connectivity index (χ0n) is 16.4. The third kappa shape index (κ3) is 8.49. The Morgan fingerprint density at radius 3 is 1.39 bits per heavy atom. The highest BCUT2D eigenvalue weighted by atomic mass is 17.2. The Morgan fingerprint density at radius 2 is 1.04 bits per heavy atom. The summed E-state index contributed by atoms with van der Waals surface area (Å²) in [6.45, 7) is 4.07. The van der Waals surface area contributed by atoms with Crippen LogP contribution in [0.2, 0.25) is 0 Å². The van der Waals surface area contributed by atoms with Crippen LogP contribution in [0.3, 0.4) is 0 Å². The smallest absolute Gasteiger partial charge is 0.247 e. The third-order valence-corrected chi connectivity index (χ3v) is 4.03. The van der Waals surface area contributed by atoms with Gasteiger partial charge in [-0.1, -0.05) is 84.0 Å². The molecule has 4 nitrogen and oxygen atoms in total. The summed E-state index contributed by atoms with van der Waals surface area (Å²) in [5.41, 5.74) is 4.55. The Hall–Kier alpha value is -3.14. The highest BCUT2D eigenvalue weighted by molar-refractivity contribution is 5.73. The van der Waals surface area contributed by atoms with Gasteiger partial charge in [-0.3, -0.25) is 0 Å². The van der Waals surface area contributed by atoms with E-state index in [1.165, 1.54) is 11.1 Å². The fraction of sp³-hybridized carbons (Fsp3) is 0.250. The minimum absolute atomic E-state index is 0.156. The number of carbonyl (C=O) groups is 2. The van der Waals surface area contributed by atoms with Crippen molar-refractivity contribution in [3.05, 3.63) is 82.9 Å². The van der Waals surface area contributed by atoms with Crippen molar-refractivity contribution < 1.29 is 19.4 Å². The van der Waals surface area contributed by atoms with E-state index < -0.39 is 11.9 Å². The first-order chi connectivity index (χ1) is 13.5. The molecule has 146 valence electrons. The van der Waals surface area contributed by atoms with Gasteiger partial charge in [0.15, 0.2) is 0 Å². The number of carbonyl (C=O) groups excluding carboxylic acids is 2. The summed E-state index contributed by atoms with van der Waals surface area (Å²) < 4.78 is 0. The van der Waals surface area contributed by atoms with Gasteiger partial charge < -0.3 is 0 Å². The summed E-state index contributed by atoms with van der Waals surface area (Å²) in [6.07, 6.45) is 9.02. The lowest BCUT2D eigenvalue weighted by molar-refractivity contribution is -0.259. The van der Waals surface area contributed by atoms with Crippen molar-refractivity contribution in [2.24, 2.45) is 0 Å². The lowest BCUT2D eigenvalue weighted by Crippen LogP contribution is -2.10. The maximum absolute atomic E-state index is 11.6. The zero-order valence-corrected chi connectivity index (χ0v) is 16.4. The van der Waals surface area contributed by atoms with E-state index in [4.69, 9.17) is 0 Å². The first-order valence-electron chi connectivity index (χ1n) is 9.39. The van der Waals surface area contributed by atoms with E-state index >= 15 is 0 Å². The van der Waals surface area contributed by atoms with Crippen LogP contribution in [0.4, 0.5) is 0 Å². The summed E-state index contributed by atoms with van der Waals surface area (Å²) in [7, 11) is 0. The van der Waals surface area contributed by atoms with E-state index in [0.717, 1.165) is 11.1 Å². The van der Waals surface area contributed by atoms with Crippen LogP contribution in [0.1, 0.15) is 47.9 Å². The summed E-state index contributed by atoms with van der Waals surface area (Å²) in [6, 6.07) is 16.2. The Balaban J connectivity index is 1.58. The first-order valence-corrected chi connectivity index (χ1v) is 9.39. The second-order valence-electron chi connectivity index (χ2n) is 6.61. The minimum atomic E-state index is -0.558. The van der Waals surface area contributed by atoms with E-state index in [-0.39, 0.29) is 12.8 Å². The lowest BCUT2D eigenvalue weighted by atomic mass is 10.1. The molecule has 28 heavy (non-hydrogen) atoms. The maximum Gasteiger partial charge on any atom is 0.355 e. The molecule has 0 N–H and O–H groups in total. The van der Waals surface area contributed by atoms with Gasteiger partial charge >= 0.3 is 11.9 Å². The topological polar surface area (TPSA) is 52.6 Å². The van der Waals surface area contributed by atoms with E-state index in [0.29, 0.717) is 12.8 Å². The number of benzene rings is 2. The number of allylic oxidation sites excluding steroid dienone is 2. The van der Waals surface area contributed by atoms with Gasteiger partial charge in [0.05, 0.1) is 12.8 Å². The van der Waals surface area contributed by atoms with Gasteiger partial charge in [-0.2, -0.15) is 0 Å². The molecule has 0 spiro atoms. The SMILES string of the molecule is Cc1ccc(/C=C/CCC(=O)OOC(=O)CC/C=C/c2ccc(C)cc2)cc1. The molecular formula is C24H26O4. The van der Waals surface area contributed by atoms with Crippen molar-refractivity contribution in [3.63, 3.8) is 0 Å². The van der Waals surface area contributed by atoms with Crippen LogP contribution in [0.15, 0.2) is 60.7 Å². The summed E-state index contributed by atoms with van der Waals surface area (Å²) in [5.74, 6) is -1.12. The van der Waals surface area contributed by atoms with E-state index in [2.05, 4.69) is 9.78 Å². The summed E-state index contributed by atoms with van der Waals surface area (Å²) in [5, 5.41) is 0. The molecule has 0 aromatic heterocycles. The van der Waals surface area contributed by atoms with Gasteiger partial charge in [0.2, 0.25) is 0 Å². The Morgan fingerprint density at radius 1 is 0.679 bits per heavy atom. The molecular weight excluding hydrogens is 352 g/mol. The predicted octanol–water partition coefficient (Wildman–Crippen LogP) is 5.59. The molecule has 0 heterocycles. The zero-order chi connectivity index (χ0) is 20.2. The van der Waals surface area contributed by atoms with Crippen molar-refractivity contribution in [3.8, 4) is 0 Å². The molecule has 0 unspecified atom stereocenters. The molecule has 0 saturated carbocycles. The van der Waals surface area contributed by atoms with Crippen molar-refractivity contribution in [2.75, 3.05) is 0 Å². The highest BCUT2D eigenvalue weighted by Gasteiger charge is 2.08. The molecule has 2 aromatic carbocycles. The molecule has 0 aliphatic carbocycles. The maximum atomic E-state index is 11.6. The number of aryl methyl sites for hydroxylation is 2. The van der Waals surface area contributed by atoms with Crippen LogP contribution < -0.4 is 0 Å². The fourth-order valence-electron chi connectivity index (χ4n) is 2.37. The van der Waals surface area contributed by atoms with Crippen molar-refractivity contribution >= 4 is 24.1 Å². The van der Waals surface area contributed by atoms with Crippen LogP contribution in [0.5, 0.6) is 0 Å². The Kier molecular flexibility index (Phi) is 8.73.